The smallest absolute Gasteiger partial charge is 0.497 e. The maximum atomic E-state index is 9.75. The molecule has 0 bridgehead atoms. The summed E-state index contributed by atoms with van der Waals surface area (Å²) in [5.41, 5.74) is 0. The minimum atomic E-state index is -6.00. The minimum absolute atomic E-state index is 0.119. The van der Waals surface area contributed by atoms with Crippen LogP contribution in [0.1, 0.15) is 0 Å². The van der Waals surface area contributed by atoms with Crippen LogP contribution in [0.5, 0.6) is 11.5 Å². The van der Waals surface area contributed by atoms with Gasteiger partial charge < -0.3 is 78.5 Å². The van der Waals surface area contributed by atoms with E-state index in [1.54, 1.807) is 14.2 Å². The van der Waals surface area contributed by atoms with Gasteiger partial charge in [0.15, 0.2) is 7.14 Å². The van der Waals surface area contributed by atoms with E-state index in [1.807, 2.05) is 24.3 Å². The Bertz CT molecular complexity index is 709. The van der Waals surface area contributed by atoms with E-state index in [0.717, 1.165) is 11.5 Å². The summed E-state index contributed by atoms with van der Waals surface area (Å²) in [6.45, 7) is 0. The first-order valence-corrected chi connectivity index (χ1v) is 10.9. The lowest BCUT2D eigenvalue weighted by Gasteiger charge is -1.97. The molecule has 0 radical (unpaired) electrons. The van der Waals surface area contributed by atoms with Gasteiger partial charge in [0.2, 0.25) is 0 Å². The van der Waals surface area contributed by atoms with E-state index >= 15 is 0 Å². The molecule has 0 heterocycles. The molecule has 0 N–H and O–H groups in total. The molecule has 0 aliphatic heterocycles. The van der Waals surface area contributed by atoms with Crippen LogP contribution in [-0.2, 0) is 0 Å². The third-order valence-electron chi connectivity index (χ3n) is 2.32. The Morgan fingerprint density at radius 2 is 0.568 bits per heavy atom. The average Bonchev–Trinajstić information content (AvgIpc) is 2.64. The predicted molar refractivity (Wildman–Crippen MR) is 104 cm³/mol. The van der Waals surface area contributed by atoms with Gasteiger partial charge in [0.1, 0.15) is 11.5 Å². The number of rotatable bonds is 4. The molecule has 216 valence electrons. The zero-order valence-electron chi connectivity index (χ0n) is 18.2. The van der Waals surface area contributed by atoms with Gasteiger partial charge in [-0.1, -0.05) is 0 Å². The molecule has 2 nitrogen and oxygen atoms in total. The average molecular weight is 688 g/mol. The zero-order valence-corrected chi connectivity index (χ0v) is 20.3. The van der Waals surface area contributed by atoms with Crippen molar-refractivity contribution in [2.75, 3.05) is 14.2 Å². The third-order valence-corrected chi connectivity index (χ3v) is 5.00. The maximum Gasteiger partial charge on any atom is 0.673 e. The Kier molecular flexibility index (Phi) is 19.4. The highest BCUT2D eigenvalue weighted by Gasteiger charge is 2.22. The van der Waals surface area contributed by atoms with Crippen LogP contribution in [0.4, 0.5) is 69.1 Å². The van der Waals surface area contributed by atoms with Crippen LogP contribution in [0, 0.1) is 7.14 Å². The lowest BCUT2D eigenvalue weighted by atomic mass is 10.3. The molecule has 2 rings (SSSR count). The molecule has 0 atom stereocenters. The van der Waals surface area contributed by atoms with Crippen LogP contribution in [-0.4, -0.2) is 43.2 Å². The molecular formula is C14H14B4F16IO2-3. The Labute approximate surface area is 210 Å². The molecule has 0 fully saturated rings. The molecule has 0 spiro atoms. The van der Waals surface area contributed by atoms with E-state index in [-0.39, 0.29) is 21.2 Å². The summed E-state index contributed by atoms with van der Waals surface area (Å²) < 4.78 is 169. The summed E-state index contributed by atoms with van der Waals surface area (Å²) in [5.74, 6) is 1.82. The second-order valence-electron chi connectivity index (χ2n) is 5.39. The van der Waals surface area contributed by atoms with Crippen molar-refractivity contribution in [3.63, 3.8) is 0 Å². The van der Waals surface area contributed by atoms with Gasteiger partial charge in [-0.3, -0.25) is 0 Å². The van der Waals surface area contributed by atoms with Crippen LogP contribution in [0.15, 0.2) is 48.5 Å². The molecule has 0 aromatic heterocycles. The van der Waals surface area contributed by atoms with Crippen molar-refractivity contribution in [1.29, 1.82) is 0 Å². The first-order valence-electron chi connectivity index (χ1n) is 8.74. The van der Waals surface area contributed by atoms with Crippen LogP contribution >= 0.6 is 0 Å². The van der Waals surface area contributed by atoms with Gasteiger partial charge in [0.25, 0.3) is 0 Å². The van der Waals surface area contributed by atoms with Gasteiger partial charge >= 0.3 is 50.2 Å². The fraction of sp³-hybridized carbons (Fsp3) is 0.143. The van der Waals surface area contributed by atoms with Gasteiger partial charge in [-0.15, -0.1) is 0 Å². The first kappa shape index (κ1) is 39.4. The molecule has 0 unspecified atom stereocenters. The van der Waals surface area contributed by atoms with Crippen molar-refractivity contribution in [3.8, 4) is 11.5 Å². The summed E-state index contributed by atoms with van der Waals surface area (Å²) in [6, 6.07) is 16.6. The zero-order chi connectivity index (χ0) is 30.1. The number of benzene rings is 2. The molecule has 0 aliphatic carbocycles. The summed E-state index contributed by atoms with van der Waals surface area (Å²) >= 11 is -0.119. The summed E-state index contributed by atoms with van der Waals surface area (Å²) in [6.07, 6.45) is 0. The summed E-state index contributed by atoms with van der Waals surface area (Å²) in [4.78, 5) is 0. The fourth-order valence-corrected chi connectivity index (χ4v) is 3.55. The van der Waals surface area contributed by atoms with Crippen LogP contribution < -0.4 is 30.7 Å². The quantitative estimate of drug-likeness (QED) is 0.255. The minimum Gasteiger partial charge on any atom is -0.497 e. The number of hydrogen-bond donors (Lipinski definition) is 0. The molecule has 2 aromatic carbocycles. The monoisotopic (exact) mass is 689 g/mol. The normalized spacial score (nSPS) is 11.1. The van der Waals surface area contributed by atoms with Crippen LogP contribution in [0.3, 0.4) is 0 Å². The van der Waals surface area contributed by atoms with Gasteiger partial charge in [-0.05, 0) is 48.5 Å². The molecule has 0 saturated heterocycles. The van der Waals surface area contributed by atoms with Crippen LogP contribution in [0.25, 0.3) is 0 Å². The standard InChI is InChI=1S/C14H14IO2.4BF4/c1-16-13-7-3-11(4-8-13)15-12-5-9-14(17-2)10-6-12;4*2-1(3,4)5/h3-10H,1-2H3;;;;/q+1;4*-1. The molecule has 0 saturated carbocycles. The highest BCUT2D eigenvalue weighted by molar-refractivity contribution is 6.50. The fourth-order valence-electron chi connectivity index (χ4n) is 1.39. The Morgan fingerprint density at radius 3 is 0.703 bits per heavy atom. The molecule has 37 heavy (non-hydrogen) atoms. The highest BCUT2D eigenvalue weighted by atomic mass is 127. The molecule has 23 heteroatoms. The van der Waals surface area contributed by atoms with E-state index in [4.69, 9.17) is 9.47 Å². The molecule has 0 amide bonds. The number of halogens is 17. The number of methoxy groups -OCH3 is 2. The largest absolute Gasteiger partial charge is 0.673 e. The highest BCUT2D eigenvalue weighted by Crippen LogP contribution is 2.09. The first-order chi connectivity index (χ1) is 16.3. The maximum absolute atomic E-state index is 9.75. The Morgan fingerprint density at radius 1 is 0.405 bits per heavy atom. The van der Waals surface area contributed by atoms with E-state index in [0.29, 0.717) is 0 Å². The van der Waals surface area contributed by atoms with Gasteiger partial charge in [-0.2, -0.15) is 0 Å². The second kappa shape index (κ2) is 18.2. The van der Waals surface area contributed by atoms with Crippen molar-refractivity contribution in [3.05, 3.63) is 55.7 Å². The van der Waals surface area contributed by atoms with Crippen molar-refractivity contribution in [2.45, 2.75) is 0 Å². The topological polar surface area (TPSA) is 18.5 Å². The third kappa shape index (κ3) is 51.4. The Hall–Kier alpha value is -2.09. The van der Waals surface area contributed by atoms with Gasteiger partial charge in [0, 0.05) is 0 Å². The van der Waals surface area contributed by atoms with Gasteiger partial charge in [-0.25, -0.2) is 0 Å². The SMILES string of the molecule is COc1ccc([I+]c2ccc(OC)cc2)cc1.F[B-](F)(F)F.F[B-](F)(F)F.F[B-](F)(F)F.F[B-](F)(F)F. The van der Waals surface area contributed by atoms with Crippen molar-refractivity contribution >= 4 is 29.0 Å². The number of ether oxygens (including phenoxy) is 2. The molecule has 0 aliphatic rings. The summed E-state index contributed by atoms with van der Waals surface area (Å²) in [7, 11) is -20.6. The van der Waals surface area contributed by atoms with Crippen molar-refractivity contribution in [1.82, 2.24) is 0 Å². The van der Waals surface area contributed by atoms with Crippen LogP contribution in [0.2, 0.25) is 0 Å². The van der Waals surface area contributed by atoms with E-state index < -0.39 is 29.0 Å². The van der Waals surface area contributed by atoms with E-state index in [9.17, 15) is 69.1 Å². The Balaban J connectivity index is -0.000000476. The predicted octanol–water partition coefficient (Wildman–Crippen LogP) is 5.03. The lowest BCUT2D eigenvalue weighted by Crippen LogP contribution is -3.61. The summed E-state index contributed by atoms with van der Waals surface area (Å²) in [5, 5.41) is 0. The molecule has 2 aromatic rings. The van der Waals surface area contributed by atoms with Crippen molar-refractivity contribution < 1.29 is 99.7 Å². The second-order valence-corrected chi connectivity index (χ2v) is 8.42. The van der Waals surface area contributed by atoms with E-state index in [2.05, 4.69) is 24.3 Å². The van der Waals surface area contributed by atoms with E-state index in [1.165, 1.54) is 7.14 Å². The van der Waals surface area contributed by atoms with Gasteiger partial charge in [0.05, 0.1) is 14.2 Å². The lowest BCUT2D eigenvalue weighted by molar-refractivity contribution is -0.597. The van der Waals surface area contributed by atoms with Crippen molar-refractivity contribution in [2.24, 2.45) is 0 Å². The number of hydrogen-bond acceptors (Lipinski definition) is 2. The molecular weight excluding hydrogens is 674 g/mol.